The van der Waals surface area contributed by atoms with Crippen LogP contribution in [-0.2, 0) is 9.47 Å². The van der Waals surface area contributed by atoms with Gasteiger partial charge in [-0.05, 0) is 27.7 Å². The SMILES string of the molecule is CC(C)OC(=O)N(N=P(c1ccccc1)(c1ccccc1)c1ccccc1)C(=O)OC(C)C. The van der Waals surface area contributed by atoms with Crippen molar-refractivity contribution in [2.24, 2.45) is 4.85 Å². The summed E-state index contributed by atoms with van der Waals surface area (Å²) in [6, 6.07) is 29.1. The van der Waals surface area contributed by atoms with E-state index >= 15 is 0 Å². The molecule has 0 N–H and O–H groups in total. The molecule has 3 rings (SSSR count). The van der Waals surface area contributed by atoms with Crippen molar-refractivity contribution in [1.82, 2.24) is 5.01 Å². The first-order valence-electron chi connectivity index (χ1n) is 10.8. The van der Waals surface area contributed by atoms with E-state index in [1.807, 2.05) is 91.0 Å². The highest BCUT2D eigenvalue weighted by Gasteiger charge is 2.34. The Morgan fingerprint density at radius 3 is 1.21 bits per heavy atom. The molecule has 0 fully saturated rings. The zero-order valence-corrected chi connectivity index (χ0v) is 20.2. The highest BCUT2D eigenvalue weighted by molar-refractivity contribution is 7.87. The molecule has 33 heavy (non-hydrogen) atoms. The minimum absolute atomic E-state index is 0.431. The quantitative estimate of drug-likeness (QED) is 0.358. The van der Waals surface area contributed by atoms with Gasteiger partial charge in [-0.2, -0.15) is 4.85 Å². The lowest BCUT2D eigenvalue weighted by Crippen LogP contribution is -2.38. The lowest BCUT2D eigenvalue weighted by Gasteiger charge is -2.29. The maximum atomic E-state index is 13.1. The van der Waals surface area contributed by atoms with E-state index in [1.54, 1.807) is 27.7 Å². The molecular weight excluding hydrogens is 435 g/mol. The number of hydrogen-bond donors (Lipinski definition) is 0. The van der Waals surface area contributed by atoms with Crippen LogP contribution < -0.4 is 15.9 Å². The number of imide groups is 1. The molecule has 2 amide bonds. The average Bonchev–Trinajstić information content (AvgIpc) is 2.80. The van der Waals surface area contributed by atoms with Gasteiger partial charge in [-0.3, -0.25) is 0 Å². The Balaban J connectivity index is 2.39. The van der Waals surface area contributed by atoms with Gasteiger partial charge in [-0.15, -0.1) is 0 Å². The van der Waals surface area contributed by atoms with Gasteiger partial charge >= 0.3 is 12.2 Å². The van der Waals surface area contributed by atoms with E-state index in [0.717, 1.165) is 20.9 Å². The van der Waals surface area contributed by atoms with Gasteiger partial charge in [0, 0.05) is 15.9 Å². The Bertz CT molecular complexity index is 991. The molecule has 0 aliphatic rings. The van der Waals surface area contributed by atoms with Gasteiger partial charge < -0.3 is 9.47 Å². The van der Waals surface area contributed by atoms with E-state index in [0.29, 0.717) is 0 Å². The Hall–Kier alpha value is -3.37. The monoisotopic (exact) mass is 464 g/mol. The number of nitrogens with zero attached hydrogens (tertiary/aromatic N) is 2. The fourth-order valence-electron chi connectivity index (χ4n) is 3.32. The Labute approximate surface area is 195 Å². The summed E-state index contributed by atoms with van der Waals surface area (Å²) < 4.78 is 10.8. The van der Waals surface area contributed by atoms with Gasteiger partial charge in [0.1, 0.15) is 0 Å². The van der Waals surface area contributed by atoms with Gasteiger partial charge in [0.2, 0.25) is 0 Å². The summed E-state index contributed by atoms with van der Waals surface area (Å²) in [7, 11) is -2.85. The van der Waals surface area contributed by atoms with Crippen LogP contribution in [0.25, 0.3) is 0 Å². The van der Waals surface area contributed by atoms with Crippen molar-refractivity contribution in [3.05, 3.63) is 91.0 Å². The summed E-state index contributed by atoms with van der Waals surface area (Å²) in [4.78, 5) is 31.1. The zero-order chi connectivity index (χ0) is 23.8. The molecule has 0 saturated heterocycles. The number of carbonyl (C=O) groups excluding carboxylic acids is 2. The first kappa shape index (κ1) is 24.3. The first-order chi connectivity index (χ1) is 15.8. The first-order valence-corrected chi connectivity index (χ1v) is 12.6. The van der Waals surface area contributed by atoms with Crippen molar-refractivity contribution in [3.63, 3.8) is 0 Å². The second-order valence-corrected chi connectivity index (χ2v) is 10.9. The van der Waals surface area contributed by atoms with Crippen LogP contribution in [0.2, 0.25) is 0 Å². The minimum Gasteiger partial charge on any atom is -0.445 e. The molecule has 0 aliphatic heterocycles. The molecule has 0 radical (unpaired) electrons. The Morgan fingerprint density at radius 1 is 0.636 bits per heavy atom. The molecule has 3 aromatic rings. The number of carbonyl (C=O) groups is 2. The van der Waals surface area contributed by atoms with Gasteiger partial charge in [0.05, 0.1) is 19.3 Å². The molecule has 7 heteroatoms. The van der Waals surface area contributed by atoms with Crippen LogP contribution in [0.3, 0.4) is 0 Å². The van der Waals surface area contributed by atoms with E-state index in [1.165, 1.54) is 0 Å². The number of rotatable bonds is 6. The van der Waals surface area contributed by atoms with E-state index < -0.39 is 31.4 Å². The molecule has 0 atom stereocenters. The molecule has 3 aromatic carbocycles. The largest absolute Gasteiger partial charge is 0.445 e. The Kier molecular flexibility index (Phi) is 8.07. The van der Waals surface area contributed by atoms with Crippen LogP contribution in [-0.4, -0.2) is 29.4 Å². The number of hydrogen-bond acceptors (Lipinski definition) is 5. The van der Waals surface area contributed by atoms with E-state index in [4.69, 9.17) is 14.3 Å². The van der Waals surface area contributed by atoms with Crippen molar-refractivity contribution >= 4 is 35.2 Å². The fourth-order valence-corrected chi connectivity index (χ4v) is 6.75. The summed E-state index contributed by atoms with van der Waals surface area (Å²) in [5, 5.41) is 3.42. The maximum absolute atomic E-state index is 13.1. The summed E-state index contributed by atoms with van der Waals surface area (Å²) >= 11 is 0. The smallest absolute Gasteiger partial charge is 0.440 e. The Morgan fingerprint density at radius 2 is 0.939 bits per heavy atom. The van der Waals surface area contributed by atoms with Crippen molar-refractivity contribution in [2.75, 3.05) is 0 Å². The van der Waals surface area contributed by atoms with E-state index in [2.05, 4.69) is 0 Å². The molecule has 0 spiro atoms. The molecule has 172 valence electrons. The van der Waals surface area contributed by atoms with Crippen molar-refractivity contribution in [2.45, 2.75) is 39.9 Å². The molecule has 0 bridgehead atoms. The van der Waals surface area contributed by atoms with Gasteiger partial charge in [0.25, 0.3) is 0 Å². The van der Waals surface area contributed by atoms with Crippen molar-refractivity contribution in [3.8, 4) is 0 Å². The molecule has 0 saturated carbocycles. The summed E-state index contributed by atoms with van der Waals surface area (Å²) in [5.74, 6) is 0. The molecule has 0 aliphatic carbocycles. The molecule has 0 unspecified atom stereocenters. The summed E-state index contributed by atoms with van der Waals surface area (Å²) in [5.41, 5.74) is 0. The zero-order valence-electron chi connectivity index (χ0n) is 19.3. The molecule has 0 aromatic heterocycles. The normalized spacial score (nSPS) is 11.2. The summed E-state index contributed by atoms with van der Waals surface area (Å²) in [6.45, 7) is 6.88. The average molecular weight is 465 g/mol. The number of ether oxygens (including phenoxy) is 2. The standard InChI is InChI=1S/C26H29N2O4P/c1-20(2)31-25(29)28(26(30)32-21(3)4)27-33(22-14-8-5-9-15-22,23-16-10-6-11-17-23)24-18-12-7-13-19-24/h5-21H,1-4H3. The third-order valence-electron chi connectivity index (χ3n) is 4.63. The second kappa shape index (κ2) is 11.0. The highest BCUT2D eigenvalue weighted by atomic mass is 31.2. The van der Waals surface area contributed by atoms with Crippen LogP contribution in [0.4, 0.5) is 9.59 Å². The van der Waals surface area contributed by atoms with Crippen molar-refractivity contribution in [1.29, 1.82) is 0 Å². The van der Waals surface area contributed by atoms with Crippen LogP contribution in [0.15, 0.2) is 95.8 Å². The van der Waals surface area contributed by atoms with E-state index in [-0.39, 0.29) is 0 Å². The van der Waals surface area contributed by atoms with Crippen molar-refractivity contribution < 1.29 is 19.1 Å². The van der Waals surface area contributed by atoms with Crippen LogP contribution >= 0.6 is 7.05 Å². The highest BCUT2D eigenvalue weighted by Crippen LogP contribution is 2.47. The molecular formula is C26H29N2O4P. The summed E-state index contributed by atoms with van der Waals surface area (Å²) in [6.07, 6.45) is -2.61. The number of amides is 2. The minimum atomic E-state index is -2.85. The lowest BCUT2D eigenvalue weighted by molar-refractivity contribution is 0.0523. The fraction of sp³-hybridized carbons (Fsp3) is 0.231. The second-order valence-electron chi connectivity index (χ2n) is 7.91. The van der Waals surface area contributed by atoms with E-state index in [9.17, 15) is 9.59 Å². The molecule has 6 nitrogen and oxygen atoms in total. The predicted octanol–water partition coefficient (Wildman–Crippen LogP) is 5.47. The van der Waals surface area contributed by atoms with Crippen LogP contribution in [0.1, 0.15) is 27.7 Å². The lowest BCUT2D eigenvalue weighted by atomic mass is 10.4. The predicted molar refractivity (Wildman–Crippen MR) is 133 cm³/mol. The third kappa shape index (κ3) is 5.71. The molecule has 0 heterocycles. The van der Waals surface area contributed by atoms with Gasteiger partial charge in [0.15, 0.2) is 0 Å². The van der Waals surface area contributed by atoms with Gasteiger partial charge in [-0.25, -0.2) is 9.59 Å². The van der Waals surface area contributed by atoms with Crippen LogP contribution in [0.5, 0.6) is 0 Å². The third-order valence-corrected chi connectivity index (χ3v) is 8.22. The maximum Gasteiger partial charge on any atom is 0.440 e. The van der Waals surface area contributed by atoms with Crippen LogP contribution in [0, 0.1) is 0 Å². The number of benzene rings is 3. The van der Waals surface area contributed by atoms with Gasteiger partial charge in [-0.1, -0.05) is 96.0 Å². The topological polar surface area (TPSA) is 68.2 Å².